The van der Waals surface area contributed by atoms with Gasteiger partial charge in [0.05, 0.1) is 36.6 Å². The Morgan fingerprint density at radius 2 is 1.93 bits per heavy atom. The van der Waals surface area contributed by atoms with Crippen molar-refractivity contribution in [1.82, 2.24) is 5.43 Å². The molecule has 2 aromatic carbocycles. The Bertz CT molecular complexity index is 985. The molecule has 0 aliphatic rings. The summed E-state index contributed by atoms with van der Waals surface area (Å²) in [4.78, 5) is 23.5. The Kier molecular flexibility index (Phi) is 8.32. The number of nitrogens with one attached hydrogen (secondary N) is 1. The monoisotopic (exact) mass is 413 g/mol. The van der Waals surface area contributed by atoms with Crippen LogP contribution in [-0.4, -0.2) is 37.9 Å². The van der Waals surface area contributed by atoms with Crippen LogP contribution in [0.5, 0.6) is 11.5 Å². The summed E-state index contributed by atoms with van der Waals surface area (Å²) in [7, 11) is 0. The second-order valence-corrected chi connectivity index (χ2v) is 5.74. The van der Waals surface area contributed by atoms with Gasteiger partial charge >= 0.3 is 5.97 Å². The second kappa shape index (κ2) is 11.2. The number of esters is 1. The van der Waals surface area contributed by atoms with E-state index in [9.17, 15) is 14.0 Å². The standard InChI is InChI=1S/C21H20FN3O5/c1-3-28-19-10-15(6-8-18(19)30-13-20(26)29-4-2)12-24-25-21(27)16-7-5-14(11-23)9-17(16)22/h5-10,12H,3-4,13H2,1-2H3,(H,25,27)/b24-12-. The maximum absolute atomic E-state index is 13.9. The van der Waals surface area contributed by atoms with Crippen molar-refractivity contribution in [2.45, 2.75) is 13.8 Å². The minimum absolute atomic E-state index is 0.112. The summed E-state index contributed by atoms with van der Waals surface area (Å²) >= 11 is 0. The van der Waals surface area contributed by atoms with E-state index in [4.69, 9.17) is 19.5 Å². The van der Waals surface area contributed by atoms with Gasteiger partial charge in [-0.2, -0.15) is 10.4 Å². The number of benzene rings is 2. The van der Waals surface area contributed by atoms with E-state index in [-0.39, 0.29) is 24.3 Å². The SMILES string of the molecule is CCOC(=O)COc1ccc(/C=N\NC(=O)c2ccc(C#N)cc2F)cc1OCC. The van der Waals surface area contributed by atoms with E-state index in [0.717, 1.165) is 6.07 Å². The predicted molar refractivity (Wildman–Crippen MR) is 106 cm³/mol. The van der Waals surface area contributed by atoms with Crippen LogP contribution in [0.15, 0.2) is 41.5 Å². The van der Waals surface area contributed by atoms with Crippen LogP contribution >= 0.6 is 0 Å². The highest BCUT2D eigenvalue weighted by Gasteiger charge is 2.12. The lowest BCUT2D eigenvalue weighted by molar-refractivity contribution is -0.145. The number of carbonyl (C=O) groups is 2. The Labute approximate surface area is 172 Å². The van der Waals surface area contributed by atoms with Crippen molar-refractivity contribution in [3.05, 3.63) is 58.9 Å². The molecule has 2 aromatic rings. The number of carbonyl (C=O) groups excluding carboxylic acids is 2. The highest BCUT2D eigenvalue weighted by atomic mass is 19.1. The van der Waals surface area contributed by atoms with E-state index in [2.05, 4.69) is 10.5 Å². The van der Waals surface area contributed by atoms with Crippen LogP contribution in [0.3, 0.4) is 0 Å². The highest BCUT2D eigenvalue weighted by Crippen LogP contribution is 2.28. The van der Waals surface area contributed by atoms with Gasteiger partial charge in [0.25, 0.3) is 5.91 Å². The lowest BCUT2D eigenvalue weighted by atomic mass is 10.1. The zero-order valence-electron chi connectivity index (χ0n) is 16.5. The van der Waals surface area contributed by atoms with E-state index in [1.165, 1.54) is 18.3 Å². The minimum Gasteiger partial charge on any atom is -0.490 e. The molecule has 0 fully saturated rings. The van der Waals surface area contributed by atoms with Crippen molar-refractivity contribution >= 4 is 18.1 Å². The van der Waals surface area contributed by atoms with Crippen LogP contribution in [0.2, 0.25) is 0 Å². The number of nitrogens with zero attached hydrogens (tertiary/aromatic N) is 2. The van der Waals surface area contributed by atoms with Crippen LogP contribution in [0.4, 0.5) is 4.39 Å². The van der Waals surface area contributed by atoms with Crippen molar-refractivity contribution < 1.29 is 28.2 Å². The average Bonchev–Trinajstić information content (AvgIpc) is 2.73. The molecule has 0 spiro atoms. The van der Waals surface area contributed by atoms with Crippen molar-refractivity contribution in [3.8, 4) is 17.6 Å². The lowest BCUT2D eigenvalue weighted by Crippen LogP contribution is -2.19. The number of hydrazone groups is 1. The first-order valence-electron chi connectivity index (χ1n) is 9.06. The van der Waals surface area contributed by atoms with Crippen molar-refractivity contribution in [3.63, 3.8) is 0 Å². The molecular weight excluding hydrogens is 393 g/mol. The fourth-order valence-corrected chi connectivity index (χ4v) is 2.33. The number of ether oxygens (including phenoxy) is 3. The molecule has 30 heavy (non-hydrogen) atoms. The zero-order chi connectivity index (χ0) is 21.9. The van der Waals surface area contributed by atoms with Crippen LogP contribution in [0.25, 0.3) is 0 Å². The van der Waals surface area contributed by atoms with Gasteiger partial charge in [0.15, 0.2) is 18.1 Å². The van der Waals surface area contributed by atoms with Gasteiger partial charge in [-0.05, 0) is 55.8 Å². The maximum atomic E-state index is 13.9. The van der Waals surface area contributed by atoms with Gasteiger partial charge in [-0.25, -0.2) is 14.6 Å². The Morgan fingerprint density at radius 1 is 1.13 bits per heavy atom. The Balaban J connectivity index is 2.05. The van der Waals surface area contributed by atoms with Crippen LogP contribution in [-0.2, 0) is 9.53 Å². The summed E-state index contributed by atoms with van der Waals surface area (Å²) in [5, 5.41) is 12.5. The molecule has 0 saturated carbocycles. The average molecular weight is 413 g/mol. The third-order valence-corrected chi connectivity index (χ3v) is 3.64. The van der Waals surface area contributed by atoms with E-state index < -0.39 is 17.7 Å². The number of halogens is 1. The molecule has 0 saturated heterocycles. The highest BCUT2D eigenvalue weighted by molar-refractivity contribution is 5.95. The molecule has 156 valence electrons. The molecule has 0 aliphatic heterocycles. The van der Waals surface area contributed by atoms with Crippen LogP contribution < -0.4 is 14.9 Å². The van der Waals surface area contributed by atoms with Crippen molar-refractivity contribution in [1.29, 1.82) is 5.26 Å². The first-order chi connectivity index (χ1) is 14.5. The molecule has 1 amide bonds. The van der Waals surface area contributed by atoms with Crippen molar-refractivity contribution in [2.75, 3.05) is 19.8 Å². The quantitative estimate of drug-likeness (QED) is 0.385. The number of rotatable bonds is 9. The number of nitriles is 1. The fourth-order valence-electron chi connectivity index (χ4n) is 2.33. The van der Waals surface area contributed by atoms with Gasteiger partial charge in [-0.1, -0.05) is 0 Å². The smallest absolute Gasteiger partial charge is 0.344 e. The van der Waals surface area contributed by atoms with Crippen molar-refractivity contribution in [2.24, 2.45) is 5.10 Å². The summed E-state index contributed by atoms with van der Waals surface area (Å²) in [6.07, 6.45) is 1.34. The third-order valence-electron chi connectivity index (χ3n) is 3.64. The van der Waals surface area contributed by atoms with Gasteiger partial charge in [-0.3, -0.25) is 4.79 Å². The summed E-state index contributed by atoms with van der Waals surface area (Å²) in [6, 6.07) is 10.2. The molecule has 0 radical (unpaired) electrons. The lowest BCUT2D eigenvalue weighted by Gasteiger charge is -2.12. The Morgan fingerprint density at radius 3 is 2.60 bits per heavy atom. The fraction of sp³-hybridized carbons (Fsp3) is 0.238. The first kappa shape index (κ1) is 22.4. The molecule has 9 heteroatoms. The second-order valence-electron chi connectivity index (χ2n) is 5.74. The predicted octanol–water partition coefficient (Wildman–Crippen LogP) is 2.80. The molecule has 0 aromatic heterocycles. The molecule has 1 N–H and O–H groups in total. The third kappa shape index (κ3) is 6.31. The van der Waals surface area contributed by atoms with Gasteiger partial charge in [0.1, 0.15) is 5.82 Å². The largest absolute Gasteiger partial charge is 0.490 e. The molecule has 0 aliphatic carbocycles. The number of hydrogen-bond donors (Lipinski definition) is 1. The summed E-state index contributed by atoms with van der Waals surface area (Å²) in [5.74, 6) is -1.33. The van der Waals surface area contributed by atoms with Gasteiger partial charge in [0.2, 0.25) is 0 Å². The van der Waals surface area contributed by atoms with E-state index >= 15 is 0 Å². The summed E-state index contributed by atoms with van der Waals surface area (Å²) in [5.41, 5.74) is 2.67. The summed E-state index contributed by atoms with van der Waals surface area (Å²) in [6.45, 7) is 3.86. The van der Waals surface area contributed by atoms with Gasteiger partial charge in [0, 0.05) is 0 Å². The van der Waals surface area contributed by atoms with Crippen LogP contribution in [0.1, 0.15) is 35.3 Å². The number of hydrogen-bond acceptors (Lipinski definition) is 7. The topological polar surface area (TPSA) is 110 Å². The summed E-state index contributed by atoms with van der Waals surface area (Å²) < 4.78 is 29.6. The Hall–Kier alpha value is -3.93. The first-order valence-corrected chi connectivity index (χ1v) is 9.06. The molecule has 0 heterocycles. The molecular formula is C21H20FN3O5. The van der Waals surface area contributed by atoms with Gasteiger partial charge < -0.3 is 14.2 Å². The molecule has 0 bridgehead atoms. The van der Waals surface area contributed by atoms with E-state index in [1.807, 2.05) is 0 Å². The minimum atomic E-state index is -0.816. The van der Waals surface area contributed by atoms with Crippen LogP contribution in [0, 0.1) is 17.1 Å². The molecule has 0 atom stereocenters. The molecule has 0 unspecified atom stereocenters. The van der Waals surface area contributed by atoms with Gasteiger partial charge in [-0.15, -0.1) is 0 Å². The molecule has 8 nitrogen and oxygen atoms in total. The molecule has 2 rings (SSSR count). The van der Waals surface area contributed by atoms with E-state index in [1.54, 1.807) is 38.1 Å². The normalized spacial score (nSPS) is 10.3. The maximum Gasteiger partial charge on any atom is 0.344 e. The van der Waals surface area contributed by atoms with E-state index in [0.29, 0.717) is 23.7 Å². The number of amides is 1. The zero-order valence-corrected chi connectivity index (χ0v) is 16.5.